The summed E-state index contributed by atoms with van der Waals surface area (Å²) in [6.45, 7) is 2.65. The fourth-order valence-corrected chi connectivity index (χ4v) is 1.42. The van der Waals surface area contributed by atoms with E-state index in [1.165, 1.54) is 0 Å². The molecule has 1 atom stereocenters. The van der Waals surface area contributed by atoms with E-state index < -0.39 is 0 Å². The second kappa shape index (κ2) is 7.50. The lowest BCUT2D eigenvalue weighted by molar-refractivity contribution is 0.112. The summed E-state index contributed by atoms with van der Waals surface area (Å²) in [5, 5.41) is 0. The van der Waals surface area contributed by atoms with Gasteiger partial charge in [0.25, 0.3) is 0 Å². The van der Waals surface area contributed by atoms with Gasteiger partial charge in [0.2, 0.25) is 0 Å². The van der Waals surface area contributed by atoms with E-state index in [0.717, 1.165) is 6.29 Å². The largest absolute Gasteiger partial charge is 0.493 e. The van der Waals surface area contributed by atoms with E-state index in [4.69, 9.17) is 14.2 Å². The summed E-state index contributed by atoms with van der Waals surface area (Å²) in [6.07, 6.45) is 4.23. The van der Waals surface area contributed by atoms with Crippen LogP contribution in [0, 0.1) is 5.92 Å². The molecule has 0 aliphatic heterocycles. The Bertz CT molecular complexity index is 412. The van der Waals surface area contributed by atoms with Crippen molar-refractivity contribution in [3.05, 3.63) is 36.1 Å². The Kier molecular flexibility index (Phi) is 5.94. The van der Waals surface area contributed by atoms with Crippen molar-refractivity contribution in [3.8, 4) is 11.5 Å². The lowest BCUT2D eigenvalue weighted by Gasteiger charge is -2.08. The average molecular weight is 250 g/mol. The molecule has 0 bridgehead atoms. The summed E-state index contributed by atoms with van der Waals surface area (Å²) < 4.78 is 15.6. The Morgan fingerprint density at radius 3 is 2.67 bits per heavy atom. The smallest absolute Gasteiger partial charge is 0.169 e. The molecular weight excluding hydrogens is 232 g/mol. The van der Waals surface area contributed by atoms with Gasteiger partial charge in [-0.25, -0.2) is 0 Å². The molecule has 0 saturated heterocycles. The molecule has 0 aromatic heterocycles. The maximum atomic E-state index is 10.7. The summed E-state index contributed by atoms with van der Waals surface area (Å²) in [7, 11) is 3.21. The molecule has 4 heteroatoms. The van der Waals surface area contributed by atoms with Gasteiger partial charge in [0.05, 0.1) is 20.0 Å². The molecule has 1 unspecified atom stereocenters. The SMILES string of the molecule is COCC(C)C=COc1cc(C=O)ccc1OC. The van der Waals surface area contributed by atoms with Crippen molar-refractivity contribution < 1.29 is 19.0 Å². The third kappa shape index (κ3) is 4.22. The highest BCUT2D eigenvalue weighted by atomic mass is 16.5. The second-order valence-corrected chi connectivity index (χ2v) is 3.91. The molecule has 98 valence electrons. The van der Waals surface area contributed by atoms with Gasteiger partial charge in [0.15, 0.2) is 11.5 Å². The summed E-state index contributed by atoms with van der Waals surface area (Å²) in [4.78, 5) is 10.7. The van der Waals surface area contributed by atoms with Gasteiger partial charge in [0, 0.05) is 18.6 Å². The van der Waals surface area contributed by atoms with Crippen molar-refractivity contribution in [1.29, 1.82) is 0 Å². The zero-order valence-electron chi connectivity index (χ0n) is 10.9. The van der Waals surface area contributed by atoms with Crippen molar-refractivity contribution in [1.82, 2.24) is 0 Å². The van der Waals surface area contributed by atoms with Crippen LogP contribution in [0.2, 0.25) is 0 Å². The molecule has 0 heterocycles. The van der Waals surface area contributed by atoms with Crippen LogP contribution in [0.3, 0.4) is 0 Å². The van der Waals surface area contributed by atoms with Gasteiger partial charge in [-0.15, -0.1) is 0 Å². The summed E-state index contributed by atoms with van der Waals surface area (Å²) in [6, 6.07) is 5.01. The maximum Gasteiger partial charge on any atom is 0.169 e. The first-order valence-corrected chi connectivity index (χ1v) is 5.66. The molecule has 0 spiro atoms. The first-order valence-electron chi connectivity index (χ1n) is 5.66. The van der Waals surface area contributed by atoms with Crippen molar-refractivity contribution in [2.24, 2.45) is 5.92 Å². The van der Waals surface area contributed by atoms with Crippen molar-refractivity contribution >= 4 is 6.29 Å². The molecule has 0 amide bonds. The molecule has 0 fully saturated rings. The number of hydrogen-bond donors (Lipinski definition) is 0. The number of carbonyl (C=O) groups is 1. The van der Waals surface area contributed by atoms with Gasteiger partial charge >= 0.3 is 0 Å². The molecule has 0 aliphatic rings. The number of aldehydes is 1. The van der Waals surface area contributed by atoms with Crippen LogP contribution in [0.1, 0.15) is 17.3 Å². The molecule has 0 aliphatic carbocycles. The number of ether oxygens (including phenoxy) is 3. The van der Waals surface area contributed by atoms with Gasteiger partial charge in [-0.05, 0) is 24.3 Å². The predicted molar refractivity (Wildman–Crippen MR) is 69.2 cm³/mol. The Morgan fingerprint density at radius 2 is 2.06 bits per heavy atom. The van der Waals surface area contributed by atoms with Crippen LogP contribution in [-0.4, -0.2) is 27.1 Å². The third-order valence-corrected chi connectivity index (χ3v) is 2.36. The van der Waals surface area contributed by atoms with Crippen LogP contribution < -0.4 is 9.47 Å². The fourth-order valence-electron chi connectivity index (χ4n) is 1.42. The minimum atomic E-state index is 0.259. The molecule has 0 N–H and O–H groups in total. The first-order chi connectivity index (χ1) is 8.71. The number of methoxy groups -OCH3 is 2. The molecule has 1 rings (SSSR count). The number of carbonyl (C=O) groups excluding carboxylic acids is 1. The van der Waals surface area contributed by atoms with Crippen molar-refractivity contribution in [2.45, 2.75) is 6.92 Å². The Hall–Kier alpha value is -1.81. The van der Waals surface area contributed by atoms with Crippen LogP contribution in [0.4, 0.5) is 0 Å². The summed E-state index contributed by atoms with van der Waals surface area (Å²) >= 11 is 0. The number of benzene rings is 1. The van der Waals surface area contributed by atoms with Crippen LogP contribution in [0.15, 0.2) is 30.5 Å². The van der Waals surface area contributed by atoms with Crippen LogP contribution in [-0.2, 0) is 4.74 Å². The summed E-state index contributed by atoms with van der Waals surface area (Å²) in [5.41, 5.74) is 0.545. The van der Waals surface area contributed by atoms with Crippen molar-refractivity contribution in [3.63, 3.8) is 0 Å². The number of hydrogen-bond acceptors (Lipinski definition) is 4. The monoisotopic (exact) mass is 250 g/mol. The molecule has 4 nitrogen and oxygen atoms in total. The lowest BCUT2D eigenvalue weighted by atomic mass is 10.2. The van der Waals surface area contributed by atoms with E-state index in [1.807, 2.05) is 13.0 Å². The highest BCUT2D eigenvalue weighted by molar-refractivity contribution is 5.76. The molecule has 1 aromatic carbocycles. The molecule has 18 heavy (non-hydrogen) atoms. The zero-order valence-corrected chi connectivity index (χ0v) is 10.9. The highest BCUT2D eigenvalue weighted by Crippen LogP contribution is 2.27. The Labute approximate surface area is 107 Å². The van der Waals surface area contributed by atoms with E-state index in [0.29, 0.717) is 23.7 Å². The standard InChI is InChI=1S/C14H18O4/c1-11(10-16-2)6-7-18-14-8-12(9-15)4-5-13(14)17-3/h4-9,11H,10H2,1-3H3. The van der Waals surface area contributed by atoms with Gasteiger partial charge in [-0.3, -0.25) is 4.79 Å². The zero-order chi connectivity index (χ0) is 13.4. The van der Waals surface area contributed by atoms with E-state index in [1.54, 1.807) is 38.7 Å². The van der Waals surface area contributed by atoms with Gasteiger partial charge in [-0.1, -0.05) is 6.92 Å². The molecule has 0 radical (unpaired) electrons. The van der Waals surface area contributed by atoms with Gasteiger partial charge < -0.3 is 14.2 Å². The fraction of sp³-hybridized carbons (Fsp3) is 0.357. The Morgan fingerprint density at radius 1 is 1.28 bits per heavy atom. The predicted octanol–water partition coefficient (Wildman–Crippen LogP) is 2.68. The number of rotatable bonds is 7. The van der Waals surface area contributed by atoms with Crippen molar-refractivity contribution in [2.75, 3.05) is 20.8 Å². The van der Waals surface area contributed by atoms with E-state index in [-0.39, 0.29) is 5.92 Å². The van der Waals surface area contributed by atoms with E-state index in [2.05, 4.69) is 0 Å². The van der Waals surface area contributed by atoms with Gasteiger partial charge in [-0.2, -0.15) is 0 Å². The molecule has 0 saturated carbocycles. The van der Waals surface area contributed by atoms with Crippen LogP contribution in [0.5, 0.6) is 11.5 Å². The minimum Gasteiger partial charge on any atom is -0.493 e. The minimum absolute atomic E-state index is 0.259. The van der Waals surface area contributed by atoms with E-state index >= 15 is 0 Å². The maximum absolute atomic E-state index is 10.7. The molecular formula is C14H18O4. The lowest BCUT2D eigenvalue weighted by Crippen LogP contribution is -2.00. The summed E-state index contributed by atoms with van der Waals surface area (Å²) in [5.74, 6) is 1.36. The quantitative estimate of drug-likeness (QED) is 0.551. The topological polar surface area (TPSA) is 44.8 Å². The van der Waals surface area contributed by atoms with Gasteiger partial charge in [0.1, 0.15) is 6.29 Å². The molecule has 1 aromatic rings. The Balaban J connectivity index is 2.73. The third-order valence-electron chi connectivity index (χ3n) is 2.36. The average Bonchev–Trinajstić information content (AvgIpc) is 2.39. The second-order valence-electron chi connectivity index (χ2n) is 3.91. The first kappa shape index (κ1) is 14.3. The van der Waals surface area contributed by atoms with Crippen LogP contribution in [0.25, 0.3) is 0 Å². The normalized spacial score (nSPS) is 12.4. The van der Waals surface area contributed by atoms with Crippen LogP contribution >= 0.6 is 0 Å². The highest BCUT2D eigenvalue weighted by Gasteiger charge is 2.04. The van der Waals surface area contributed by atoms with E-state index in [9.17, 15) is 4.79 Å².